The van der Waals surface area contributed by atoms with E-state index in [-0.39, 0.29) is 0 Å². The summed E-state index contributed by atoms with van der Waals surface area (Å²) in [6.45, 7) is 5.14. The van der Waals surface area contributed by atoms with Crippen LogP contribution in [0.25, 0.3) is 11.6 Å². The van der Waals surface area contributed by atoms with Crippen LogP contribution in [-0.2, 0) is 4.79 Å². The first-order valence-corrected chi connectivity index (χ1v) is 7.33. The van der Waals surface area contributed by atoms with Gasteiger partial charge in [0.15, 0.2) is 11.9 Å². The fraction of sp³-hybridized carbons (Fsp3) is 0.222. The van der Waals surface area contributed by atoms with Gasteiger partial charge in [-0.3, -0.25) is 0 Å². The predicted molar refractivity (Wildman–Crippen MR) is 89.2 cm³/mol. The number of allylic oxidation sites excluding steroid dienone is 1. The summed E-state index contributed by atoms with van der Waals surface area (Å²) < 4.78 is 5.33. The average molecular weight is 323 g/mol. The number of carbonyl (C=O) groups is 1. The number of hydrogen-bond donors (Lipinski definition) is 1. The maximum atomic E-state index is 10.9. The number of rotatable bonds is 5. The number of nitriles is 1. The van der Waals surface area contributed by atoms with Gasteiger partial charge in [-0.25, -0.2) is 14.8 Å². The van der Waals surface area contributed by atoms with E-state index in [1.807, 2.05) is 19.9 Å². The summed E-state index contributed by atoms with van der Waals surface area (Å²) in [5.74, 6) is -0.269. The molecule has 0 spiro atoms. The number of carboxylic acid groups (broad SMARTS) is 1. The maximum absolute atomic E-state index is 10.9. The fourth-order valence-electron chi connectivity index (χ4n) is 2.09. The van der Waals surface area contributed by atoms with E-state index in [9.17, 15) is 10.1 Å². The Morgan fingerprint density at radius 2 is 1.96 bits per heavy atom. The van der Waals surface area contributed by atoms with Crippen LogP contribution < -0.4 is 4.74 Å². The normalized spacial score (nSPS) is 12.3. The third kappa shape index (κ3) is 4.40. The van der Waals surface area contributed by atoms with Gasteiger partial charge in [-0.05, 0) is 50.6 Å². The van der Waals surface area contributed by atoms with Crippen molar-refractivity contribution < 1.29 is 14.6 Å². The Balaban J connectivity index is 2.34. The first-order valence-electron chi connectivity index (χ1n) is 7.33. The Bertz CT molecular complexity index is 817. The third-order valence-electron chi connectivity index (χ3n) is 3.17. The fourth-order valence-corrected chi connectivity index (χ4v) is 2.09. The van der Waals surface area contributed by atoms with Crippen LogP contribution in [0.5, 0.6) is 5.75 Å². The van der Waals surface area contributed by atoms with Gasteiger partial charge in [0, 0.05) is 11.4 Å². The molecule has 1 heterocycles. The number of aromatic nitrogens is 2. The van der Waals surface area contributed by atoms with E-state index in [0.717, 1.165) is 11.4 Å². The van der Waals surface area contributed by atoms with Crippen molar-refractivity contribution in [3.05, 3.63) is 53.1 Å². The summed E-state index contributed by atoms with van der Waals surface area (Å²) in [6, 6.07) is 10.8. The van der Waals surface area contributed by atoms with E-state index >= 15 is 0 Å². The summed E-state index contributed by atoms with van der Waals surface area (Å²) >= 11 is 0. The van der Waals surface area contributed by atoms with Crippen molar-refractivity contribution in [3.63, 3.8) is 0 Å². The summed E-state index contributed by atoms with van der Waals surface area (Å²) in [5.41, 5.74) is 2.59. The zero-order valence-electron chi connectivity index (χ0n) is 13.6. The lowest BCUT2D eigenvalue weighted by atomic mass is 10.1. The van der Waals surface area contributed by atoms with E-state index in [0.29, 0.717) is 22.7 Å². The molecule has 1 N–H and O–H groups in total. The molecular formula is C18H17N3O3. The largest absolute Gasteiger partial charge is 0.479 e. The van der Waals surface area contributed by atoms with Gasteiger partial charge < -0.3 is 9.84 Å². The zero-order valence-corrected chi connectivity index (χ0v) is 13.6. The molecule has 0 aliphatic heterocycles. The lowest BCUT2D eigenvalue weighted by Gasteiger charge is -2.10. The first kappa shape index (κ1) is 17.2. The summed E-state index contributed by atoms with van der Waals surface area (Å²) in [6.07, 6.45) is 0.689. The molecule has 0 aliphatic carbocycles. The van der Waals surface area contributed by atoms with Crippen LogP contribution in [0.15, 0.2) is 30.3 Å². The smallest absolute Gasteiger partial charge is 0.344 e. The Hall–Kier alpha value is -3.20. The molecule has 0 fully saturated rings. The van der Waals surface area contributed by atoms with Crippen LogP contribution in [0.3, 0.4) is 0 Å². The number of ether oxygens (including phenoxy) is 1. The van der Waals surface area contributed by atoms with Crippen molar-refractivity contribution in [2.24, 2.45) is 0 Å². The Kier molecular flexibility index (Phi) is 5.27. The quantitative estimate of drug-likeness (QED) is 0.850. The maximum Gasteiger partial charge on any atom is 0.344 e. The van der Waals surface area contributed by atoms with E-state index in [1.165, 1.54) is 6.92 Å². The molecule has 122 valence electrons. The molecular weight excluding hydrogens is 306 g/mol. The SMILES string of the molecule is Cc1cc(C)nc(/C(C#N)=C\c2cccc(OC(C)C(=O)O)c2)n1. The van der Waals surface area contributed by atoms with Crippen molar-refractivity contribution in [1.82, 2.24) is 9.97 Å². The molecule has 0 saturated carbocycles. The van der Waals surface area contributed by atoms with Crippen LogP contribution in [-0.4, -0.2) is 27.1 Å². The van der Waals surface area contributed by atoms with Crippen molar-refractivity contribution in [3.8, 4) is 11.8 Å². The predicted octanol–water partition coefficient (Wildman–Crippen LogP) is 3.01. The van der Waals surface area contributed by atoms with Gasteiger partial charge in [-0.1, -0.05) is 12.1 Å². The molecule has 6 nitrogen and oxygen atoms in total. The van der Waals surface area contributed by atoms with Crippen molar-refractivity contribution in [2.45, 2.75) is 26.9 Å². The van der Waals surface area contributed by atoms with Gasteiger partial charge in [0.05, 0.1) is 5.57 Å². The van der Waals surface area contributed by atoms with Crippen molar-refractivity contribution >= 4 is 17.6 Å². The number of aryl methyl sites for hydroxylation is 2. The van der Waals surface area contributed by atoms with Gasteiger partial charge in [0.1, 0.15) is 11.8 Å². The average Bonchev–Trinajstić information content (AvgIpc) is 2.51. The summed E-state index contributed by atoms with van der Waals surface area (Å²) in [4.78, 5) is 19.4. The molecule has 0 saturated heterocycles. The molecule has 1 unspecified atom stereocenters. The van der Waals surface area contributed by atoms with Crippen LogP contribution in [0.2, 0.25) is 0 Å². The minimum absolute atomic E-state index is 0.324. The second-order valence-electron chi connectivity index (χ2n) is 5.31. The van der Waals surface area contributed by atoms with Gasteiger partial charge >= 0.3 is 5.97 Å². The highest BCUT2D eigenvalue weighted by atomic mass is 16.5. The Labute approximate surface area is 140 Å². The monoisotopic (exact) mass is 323 g/mol. The number of nitrogens with zero attached hydrogens (tertiary/aromatic N) is 3. The molecule has 0 radical (unpaired) electrons. The standard InChI is InChI=1S/C18H17N3O3/c1-11-7-12(2)21-17(20-11)15(10-19)8-14-5-4-6-16(9-14)24-13(3)18(22)23/h4-9,13H,1-3H3,(H,22,23)/b15-8-. The number of hydrogen-bond acceptors (Lipinski definition) is 5. The van der Waals surface area contributed by atoms with Gasteiger partial charge in [0.2, 0.25) is 0 Å². The van der Waals surface area contributed by atoms with Crippen LogP contribution in [0, 0.1) is 25.2 Å². The highest BCUT2D eigenvalue weighted by molar-refractivity contribution is 5.87. The topological polar surface area (TPSA) is 96.1 Å². The van der Waals surface area contributed by atoms with E-state index in [1.54, 1.807) is 30.3 Å². The number of carboxylic acids is 1. The third-order valence-corrected chi connectivity index (χ3v) is 3.17. The second kappa shape index (κ2) is 7.38. The highest BCUT2D eigenvalue weighted by Crippen LogP contribution is 2.20. The number of benzene rings is 1. The molecule has 24 heavy (non-hydrogen) atoms. The molecule has 0 bridgehead atoms. The van der Waals surface area contributed by atoms with Crippen LogP contribution in [0.4, 0.5) is 0 Å². The Morgan fingerprint density at radius 3 is 2.54 bits per heavy atom. The van der Waals surface area contributed by atoms with Gasteiger partial charge in [0.25, 0.3) is 0 Å². The van der Waals surface area contributed by atoms with Crippen LogP contribution in [0.1, 0.15) is 29.7 Å². The minimum Gasteiger partial charge on any atom is -0.479 e. The second-order valence-corrected chi connectivity index (χ2v) is 5.31. The Morgan fingerprint density at radius 1 is 1.29 bits per heavy atom. The molecule has 2 aromatic rings. The lowest BCUT2D eigenvalue weighted by molar-refractivity contribution is -0.144. The van der Waals surface area contributed by atoms with Crippen molar-refractivity contribution in [2.75, 3.05) is 0 Å². The first-order chi connectivity index (χ1) is 11.4. The number of aliphatic carboxylic acids is 1. The van der Waals surface area contributed by atoms with E-state index in [4.69, 9.17) is 9.84 Å². The molecule has 0 amide bonds. The summed E-state index contributed by atoms with van der Waals surface area (Å²) in [7, 11) is 0. The van der Waals surface area contributed by atoms with Gasteiger partial charge in [-0.15, -0.1) is 0 Å². The van der Waals surface area contributed by atoms with Gasteiger partial charge in [-0.2, -0.15) is 5.26 Å². The highest BCUT2D eigenvalue weighted by Gasteiger charge is 2.12. The molecule has 1 atom stereocenters. The molecule has 2 rings (SSSR count). The minimum atomic E-state index is -1.04. The van der Waals surface area contributed by atoms with E-state index in [2.05, 4.69) is 16.0 Å². The van der Waals surface area contributed by atoms with Crippen LogP contribution >= 0.6 is 0 Å². The summed E-state index contributed by atoms with van der Waals surface area (Å²) in [5, 5.41) is 18.3. The zero-order chi connectivity index (χ0) is 17.7. The van der Waals surface area contributed by atoms with Crippen molar-refractivity contribution in [1.29, 1.82) is 5.26 Å². The molecule has 1 aromatic carbocycles. The molecule has 0 aliphatic rings. The molecule has 1 aromatic heterocycles. The molecule has 6 heteroatoms. The van der Waals surface area contributed by atoms with E-state index < -0.39 is 12.1 Å². The lowest BCUT2D eigenvalue weighted by Crippen LogP contribution is -2.22.